The van der Waals surface area contributed by atoms with E-state index in [1.807, 2.05) is 0 Å². The summed E-state index contributed by atoms with van der Waals surface area (Å²) in [6.07, 6.45) is 0.110. The number of nitro benzene ring substituents is 1. The van der Waals surface area contributed by atoms with Crippen LogP contribution >= 0.6 is 11.6 Å². The molecule has 1 aliphatic carbocycles. The number of carboxylic acid groups (broad SMARTS) is 1. The SMILES string of the molecule is CC(c1ccc(Cl)cc1[N+](=O)[O-])C1C[C@]2(C(=O)O)OC(=O)C1(C)C2(C)C. The number of esters is 1. The lowest BCUT2D eigenvalue weighted by molar-refractivity contribution is -0.385. The molecule has 2 bridgehead atoms. The smallest absolute Gasteiger partial charge is 0.348 e. The molecule has 1 N–H and O–H groups in total. The van der Waals surface area contributed by atoms with Gasteiger partial charge in [0.2, 0.25) is 5.60 Å². The van der Waals surface area contributed by atoms with Gasteiger partial charge >= 0.3 is 11.9 Å². The Hall–Kier alpha value is -2.15. The Morgan fingerprint density at radius 3 is 2.54 bits per heavy atom. The molecule has 2 fully saturated rings. The van der Waals surface area contributed by atoms with E-state index < -0.39 is 45.1 Å². The number of fused-ring (bicyclic) bond motifs is 2. The molecule has 0 radical (unpaired) electrons. The summed E-state index contributed by atoms with van der Waals surface area (Å²) in [4.78, 5) is 35.6. The lowest BCUT2D eigenvalue weighted by Crippen LogP contribution is -2.47. The zero-order valence-electron chi connectivity index (χ0n) is 14.9. The van der Waals surface area contributed by atoms with Crippen molar-refractivity contribution in [2.24, 2.45) is 16.7 Å². The van der Waals surface area contributed by atoms with Crippen molar-refractivity contribution < 1.29 is 24.4 Å². The van der Waals surface area contributed by atoms with Crippen LogP contribution in [0, 0.1) is 26.9 Å². The minimum absolute atomic E-state index is 0.110. The van der Waals surface area contributed by atoms with Gasteiger partial charge in [-0.25, -0.2) is 4.79 Å². The van der Waals surface area contributed by atoms with Gasteiger partial charge in [-0.05, 0) is 24.8 Å². The first kappa shape index (κ1) is 18.6. The number of aliphatic carboxylic acids is 1. The highest BCUT2D eigenvalue weighted by Crippen LogP contribution is 2.70. The first-order valence-corrected chi connectivity index (χ1v) is 8.68. The Labute approximate surface area is 155 Å². The number of carboxylic acids is 1. The van der Waals surface area contributed by atoms with Gasteiger partial charge < -0.3 is 9.84 Å². The number of benzene rings is 1. The molecule has 4 atom stereocenters. The van der Waals surface area contributed by atoms with Crippen molar-refractivity contribution in [3.05, 3.63) is 38.9 Å². The van der Waals surface area contributed by atoms with Crippen LogP contribution in [0.2, 0.25) is 5.02 Å². The van der Waals surface area contributed by atoms with Crippen LogP contribution < -0.4 is 0 Å². The van der Waals surface area contributed by atoms with Crippen LogP contribution in [-0.2, 0) is 14.3 Å². The number of hydrogen-bond acceptors (Lipinski definition) is 5. The molecule has 26 heavy (non-hydrogen) atoms. The second-order valence-electron chi connectivity index (χ2n) is 7.91. The van der Waals surface area contributed by atoms with Gasteiger partial charge in [0, 0.05) is 28.5 Å². The highest BCUT2D eigenvalue weighted by Gasteiger charge is 2.80. The lowest BCUT2D eigenvalue weighted by atomic mass is 9.61. The van der Waals surface area contributed by atoms with E-state index >= 15 is 0 Å². The number of ether oxygens (including phenoxy) is 1. The van der Waals surface area contributed by atoms with Gasteiger partial charge in [0.25, 0.3) is 5.69 Å². The van der Waals surface area contributed by atoms with E-state index in [4.69, 9.17) is 16.3 Å². The molecule has 7 nitrogen and oxygen atoms in total. The molecular formula is C18H20ClNO6. The molecule has 0 spiro atoms. The van der Waals surface area contributed by atoms with E-state index in [2.05, 4.69) is 0 Å². The Balaban J connectivity index is 2.13. The summed E-state index contributed by atoms with van der Waals surface area (Å²) < 4.78 is 5.35. The fraction of sp³-hybridized carbons (Fsp3) is 0.556. The number of rotatable bonds is 4. The van der Waals surface area contributed by atoms with Gasteiger partial charge in [-0.15, -0.1) is 0 Å². The maximum Gasteiger partial charge on any atom is 0.348 e. The van der Waals surface area contributed by atoms with E-state index in [-0.39, 0.29) is 17.1 Å². The zero-order chi connectivity index (χ0) is 19.7. The van der Waals surface area contributed by atoms with Crippen LogP contribution in [0.5, 0.6) is 0 Å². The van der Waals surface area contributed by atoms with E-state index in [0.717, 1.165) is 0 Å². The summed E-state index contributed by atoms with van der Waals surface area (Å²) in [6.45, 7) is 6.92. The first-order valence-electron chi connectivity index (χ1n) is 8.31. The number of nitro groups is 1. The Kier molecular flexibility index (Phi) is 3.89. The average molecular weight is 382 g/mol. The van der Waals surface area contributed by atoms with Crippen molar-refractivity contribution in [2.75, 3.05) is 0 Å². The van der Waals surface area contributed by atoms with E-state index in [1.165, 1.54) is 6.07 Å². The van der Waals surface area contributed by atoms with Crippen LogP contribution in [0.4, 0.5) is 5.69 Å². The van der Waals surface area contributed by atoms with Crippen molar-refractivity contribution in [2.45, 2.75) is 45.6 Å². The molecular weight excluding hydrogens is 362 g/mol. The highest BCUT2D eigenvalue weighted by atomic mass is 35.5. The van der Waals surface area contributed by atoms with Gasteiger partial charge in [0.05, 0.1) is 10.3 Å². The molecule has 1 aromatic carbocycles. The van der Waals surface area contributed by atoms with Crippen LogP contribution in [0.3, 0.4) is 0 Å². The number of hydrogen-bond donors (Lipinski definition) is 1. The number of carbonyl (C=O) groups excluding carboxylic acids is 1. The summed E-state index contributed by atoms with van der Waals surface area (Å²) in [7, 11) is 0. The monoisotopic (exact) mass is 381 g/mol. The Morgan fingerprint density at radius 2 is 2.04 bits per heavy atom. The minimum atomic E-state index is -1.63. The summed E-state index contributed by atoms with van der Waals surface area (Å²) in [5.74, 6) is -2.59. The molecule has 2 aliphatic rings. The topological polar surface area (TPSA) is 107 Å². The zero-order valence-corrected chi connectivity index (χ0v) is 15.7. The quantitative estimate of drug-likeness (QED) is 0.483. The summed E-state index contributed by atoms with van der Waals surface area (Å²) >= 11 is 5.89. The average Bonchev–Trinajstić information content (AvgIpc) is 2.82. The van der Waals surface area contributed by atoms with E-state index in [9.17, 15) is 24.8 Å². The van der Waals surface area contributed by atoms with Crippen molar-refractivity contribution >= 4 is 29.2 Å². The first-order chi connectivity index (χ1) is 11.9. The normalized spacial score (nSPS) is 33.0. The molecule has 0 aromatic heterocycles. The second kappa shape index (κ2) is 5.42. The van der Waals surface area contributed by atoms with Crippen molar-refractivity contribution in [1.29, 1.82) is 0 Å². The summed E-state index contributed by atoms with van der Waals surface area (Å²) in [5.41, 5.74) is -3.35. The molecule has 3 rings (SSSR count). The molecule has 8 heteroatoms. The maximum absolute atomic E-state index is 12.7. The molecule has 1 heterocycles. The highest BCUT2D eigenvalue weighted by molar-refractivity contribution is 6.30. The third kappa shape index (κ3) is 2.00. The largest absolute Gasteiger partial charge is 0.478 e. The number of carbonyl (C=O) groups is 2. The van der Waals surface area contributed by atoms with Crippen LogP contribution in [0.15, 0.2) is 18.2 Å². The van der Waals surface area contributed by atoms with Gasteiger partial charge in [0.1, 0.15) is 0 Å². The predicted molar refractivity (Wildman–Crippen MR) is 93.0 cm³/mol. The van der Waals surface area contributed by atoms with Gasteiger partial charge in [-0.1, -0.05) is 38.4 Å². The van der Waals surface area contributed by atoms with Crippen molar-refractivity contribution in [1.82, 2.24) is 0 Å². The standard InChI is InChI=1S/C18H20ClNO6/c1-9(11-6-5-10(19)7-13(11)20(24)25)12-8-18(14(21)22)16(2,3)17(12,4)15(23)26-18/h5-7,9,12H,8H2,1-4H3,(H,21,22)/t9?,12?,17?,18-/m1/s1. The predicted octanol–water partition coefficient (Wildman–Crippen LogP) is 3.78. The Bertz CT molecular complexity index is 837. The number of halogens is 1. The summed E-state index contributed by atoms with van der Waals surface area (Å²) in [6, 6.07) is 4.41. The molecule has 0 amide bonds. The molecule has 1 saturated carbocycles. The van der Waals surface area contributed by atoms with E-state index in [0.29, 0.717) is 5.56 Å². The van der Waals surface area contributed by atoms with Crippen LogP contribution in [0.1, 0.15) is 45.6 Å². The molecule has 140 valence electrons. The fourth-order valence-corrected chi connectivity index (χ4v) is 5.01. The van der Waals surface area contributed by atoms with E-state index in [1.54, 1.807) is 39.8 Å². The third-order valence-corrected chi connectivity index (χ3v) is 7.11. The molecule has 1 aliphatic heterocycles. The van der Waals surface area contributed by atoms with Gasteiger partial charge in [-0.2, -0.15) is 0 Å². The lowest BCUT2D eigenvalue weighted by Gasteiger charge is -2.37. The molecule has 1 saturated heterocycles. The third-order valence-electron chi connectivity index (χ3n) is 6.88. The van der Waals surface area contributed by atoms with Gasteiger partial charge in [0.15, 0.2) is 0 Å². The minimum Gasteiger partial charge on any atom is -0.478 e. The fourth-order valence-electron chi connectivity index (χ4n) is 4.84. The van der Waals surface area contributed by atoms with Gasteiger partial charge in [-0.3, -0.25) is 14.9 Å². The Morgan fingerprint density at radius 1 is 1.42 bits per heavy atom. The van der Waals surface area contributed by atoms with Crippen LogP contribution in [-0.4, -0.2) is 27.6 Å². The van der Waals surface area contributed by atoms with Crippen LogP contribution in [0.25, 0.3) is 0 Å². The van der Waals surface area contributed by atoms with Crippen molar-refractivity contribution in [3.63, 3.8) is 0 Å². The molecule has 3 unspecified atom stereocenters. The van der Waals surface area contributed by atoms with Crippen molar-refractivity contribution in [3.8, 4) is 0 Å². The maximum atomic E-state index is 12.7. The number of nitrogens with zero attached hydrogens (tertiary/aromatic N) is 1. The second-order valence-corrected chi connectivity index (χ2v) is 8.35. The molecule has 1 aromatic rings. The summed E-state index contributed by atoms with van der Waals surface area (Å²) in [5, 5.41) is 21.5.